The molecule has 0 spiro atoms. The number of anilines is 1. The Morgan fingerprint density at radius 2 is 2.15 bits per heavy atom. The molecule has 2 aromatic rings. The van der Waals surface area contributed by atoms with Gasteiger partial charge in [0.05, 0.1) is 0 Å². The average molecular weight is 311 g/mol. The van der Waals surface area contributed by atoms with Crippen molar-refractivity contribution < 1.29 is 4.79 Å². The Morgan fingerprint density at radius 1 is 1.35 bits per heavy atom. The number of thiophene rings is 1. The van der Waals surface area contributed by atoms with Gasteiger partial charge in [-0.05, 0) is 47.0 Å². The van der Waals surface area contributed by atoms with Crippen molar-refractivity contribution in [2.75, 3.05) is 5.32 Å². The second kappa shape index (κ2) is 8.04. The molecule has 1 atom stereocenters. The average Bonchev–Trinajstić information content (AvgIpc) is 2.88. The highest BCUT2D eigenvalue weighted by Crippen LogP contribution is 2.18. The lowest BCUT2D eigenvalue weighted by Crippen LogP contribution is -2.18. The maximum absolute atomic E-state index is 11.0. The molecule has 0 bridgehead atoms. The number of hydrogen-bond acceptors (Lipinski definition) is 3. The van der Waals surface area contributed by atoms with E-state index in [9.17, 15) is 4.79 Å². The van der Waals surface area contributed by atoms with Crippen LogP contribution < -0.4 is 10.6 Å². The number of halogens is 1. The van der Waals surface area contributed by atoms with E-state index in [0.717, 1.165) is 12.2 Å². The van der Waals surface area contributed by atoms with Crippen molar-refractivity contribution in [3.8, 4) is 0 Å². The van der Waals surface area contributed by atoms with Crippen LogP contribution in [0.15, 0.2) is 41.1 Å². The Labute approximate surface area is 129 Å². The Kier molecular flexibility index (Phi) is 6.71. The van der Waals surface area contributed by atoms with Gasteiger partial charge in [-0.25, -0.2) is 0 Å². The molecule has 2 N–H and O–H groups in total. The van der Waals surface area contributed by atoms with Crippen molar-refractivity contribution in [2.45, 2.75) is 26.4 Å². The number of hydrogen-bond donors (Lipinski definition) is 2. The second-order valence-electron chi connectivity index (χ2n) is 4.54. The molecule has 1 unspecified atom stereocenters. The number of rotatable bonds is 5. The van der Waals surface area contributed by atoms with Gasteiger partial charge in [0.15, 0.2) is 0 Å². The van der Waals surface area contributed by atoms with E-state index in [1.165, 1.54) is 18.1 Å². The number of benzene rings is 1. The first-order chi connectivity index (χ1) is 9.15. The predicted molar refractivity (Wildman–Crippen MR) is 87.6 cm³/mol. The SMILES string of the molecule is CC(=O)Nc1cccc(C(C)NCc2ccsc2)c1.Cl. The zero-order valence-corrected chi connectivity index (χ0v) is 13.2. The molecule has 0 saturated heterocycles. The van der Waals surface area contributed by atoms with E-state index in [1.54, 1.807) is 11.3 Å². The highest BCUT2D eigenvalue weighted by molar-refractivity contribution is 7.07. The number of nitrogens with one attached hydrogen (secondary N) is 2. The normalized spacial score (nSPS) is 11.5. The van der Waals surface area contributed by atoms with Crippen LogP contribution in [0, 0.1) is 0 Å². The molecular weight excluding hydrogens is 292 g/mol. The van der Waals surface area contributed by atoms with Crippen LogP contribution in [0.4, 0.5) is 5.69 Å². The fraction of sp³-hybridized carbons (Fsp3) is 0.267. The monoisotopic (exact) mass is 310 g/mol. The molecule has 2 rings (SSSR count). The van der Waals surface area contributed by atoms with E-state index in [4.69, 9.17) is 0 Å². The first-order valence-electron chi connectivity index (χ1n) is 6.27. The first kappa shape index (κ1) is 16.7. The highest BCUT2D eigenvalue weighted by atomic mass is 35.5. The summed E-state index contributed by atoms with van der Waals surface area (Å²) in [5.74, 6) is -0.0453. The van der Waals surface area contributed by atoms with Crippen molar-refractivity contribution in [3.63, 3.8) is 0 Å². The van der Waals surface area contributed by atoms with Crippen molar-refractivity contribution in [1.29, 1.82) is 0 Å². The Balaban J connectivity index is 0.00000200. The number of amides is 1. The molecule has 0 fully saturated rings. The van der Waals surface area contributed by atoms with Gasteiger partial charge < -0.3 is 10.6 Å². The largest absolute Gasteiger partial charge is 0.326 e. The van der Waals surface area contributed by atoms with E-state index >= 15 is 0 Å². The Morgan fingerprint density at radius 3 is 2.80 bits per heavy atom. The summed E-state index contributed by atoms with van der Waals surface area (Å²) in [6.45, 7) is 4.50. The lowest BCUT2D eigenvalue weighted by molar-refractivity contribution is -0.114. The minimum absolute atomic E-state index is 0. The van der Waals surface area contributed by atoms with Gasteiger partial charge >= 0.3 is 0 Å². The van der Waals surface area contributed by atoms with Crippen LogP contribution >= 0.6 is 23.7 Å². The quantitative estimate of drug-likeness (QED) is 0.877. The van der Waals surface area contributed by atoms with Crippen molar-refractivity contribution in [3.05, 3.63) is 52.2 Å². The Bertz CT molecular complexity index is 543. The third kappa shape index (κ3) is 4.96. The molecule has 1 amide bonds. The minimum Gasteiger partial charge on any atom is -0.326 e. The van der Waals surface area contributed by atoms with E-state index in [-0.39, 0.29) is 24.4 Å². The topological polar surface area (TPSA) is 41.1 Å². The molecular formula is C15H19ClN2OS. The smallest absolute Gasteiger partial charge is 0.221 e. The second-order valence-corrected chi connectivity index (χ2v) is 5.32. The molecule has 0 aliphatic rings. The standard InChI is InChI=1S/C15H18N2OS.ClH/c1-11(16-9-13-6-7-19-10-13)14-4-3-5-15(8-14)17-12(2)18;/h3-8,10-11,16H,9H2,1-2H3,(H,17,18);1H. The van der Waals surface area contributed by atoms with Gasteiger partial charge in [0.25, 0.3) is 0 Å². The number of carbonyl (C=O) groups is 1. The molecule has 108 valence electrons. The van der Waals surface area contributed by atoms with Gasteiger partial charge in [-0.3, -0.25) is 4.79 Å². The van der Waals surface area contributed by atoms with E-state index in [1.807, 2.05) is 18.2 Å². The first-order valence-corrected chi connectivity index (χ1v) is 7.21. The lowest BCUT2D eigenvalue weighted by Gasteiger charge is -2.15. The van der Waals surface area contributed by atoms with Crippen LogP contribution in [0.2, 0.25) is 0 Å². The number of carbonyl (C=O) groups excluding carboxylic acids is 1. The summed E-state index contributed by atoms with van der Waals surface area (Å²) in [6, 6.07) is 10.3. The van der Waals surface area contributed by atoms with Crippen LogP contribution in [-0.4, -0.2) is 5.91 Å². The molecule has 1 aromatic heterocycles. The zero-order chi connectivity index (χ0) is 13.7. The molecule has 5 heteroatoms. The van der Waals surface area contributed by atoms with Crippen LogP contribution in [-0.2, 0) is 11.3 Å². The molecule has 0 saturated carbocycles. The van der Waals surface area contributed by atoms with Gasteiger partial charge in [-0.15, -0.1) is 12.4 Å². The third-order valence-electron chi connectivity index (χ3n) is 2.90. The molecule has 20 heavy (non-hydrogen) atoms. The summed E-state index contributed by atoms with van der Waals surface area (Å²) >= 11 is 1.71. The molecule has 0 aliphatic carbocycles. The maximum Gasteiger partial charge on any atom is 0.221 e. The zero-order valence-electron chi connectivity index (χ0n) is 11.6. The maximum atomic E-state index is 11.0. The summed E-state index contributed by atoms with van der Waals surface area (Å²) < 4.78 is 0. The molecule has 1 aromatic carbocycles. The molecule has 0 radical (unpaired) electrons. The Hall–Kier alpha value is -1.36. The predicted octanol–water partition coefficient (Wildman–Crippen LogP) is 3.98. The van der Waals surface area contributed by atoms with Gasteiger partial charge in [-0.1, -0.05) is 12.1 Å². The van der Waals surface area contributed by atoms with Gasteiger partial charge in [0.1, 0.15) is 0 Å². The van der Waals surface area contributed by atoms with Crippen molar-refractivity contribution in [2.24, 2.45) is 0 Å². The summed E-state index contributed by atoms with van der Waals surface area (Å²) in [5.41, 5.74) is 3.31. The van der Waals surface area contributed by atoms with Gasteiger partial charge in [0.2, 0.25) is 5.91 Å². The highest BCUT2D eigenvalue weighted by Gasteiger charge is 2.06. The van der Waals surface area contributed by atoms with E-state index in [2.05, 4.69) is 40.5 Å². The van der Waals surface area contributed by atoms with Gasteiger partial charge in [-0.2, -0.15) is 11.3 Å². The molecule has 0 aliphatic heterocycles. The van der Waals surface area contributed by atoms with Crippen LogP contribution in [0.5, 0.6) is 0 Å². The summed E-state index contributed by atoms with van der Waals surface area (Å²) in [4.78, 5) is 11.0. The van der Waals surface area contributed by atoms with Gasteiger partial charge in [0, 0.05) is 25.2 Å². The van der Waals surface area contributed by atoms with Crippen LogP contribution in [0.3, 0.4) is 0 Å². The van der Waals surface area contributed by atoms with Crippen molar-refractivity contribution >= 4 is 35.3 Å². The molecule has 1 heterocycles. The van der Waals surface area contributed by atoms with E-state index in [0.29, 0.717) is 0 Å². The summed E-state index contributed by atoms with van der Waals surface area (Å²) in [6.07, 6.45) is 0. The van der Waals surface area contributed by atoms with Crippen LogP contribution in [0.1, 0.15) is 31.0 Å². The fourth-order valence-electron chi connectivity index (χ4n) is 1.87. The lowest BCUT2D eigenvalue weighted by atomic mass is 10.1. The molecule has 3 nitrogen and oxygen atoms in total. The minimum atomic E-state index is -0.0453. The van der Waals surface area contributed by atoms with E-state index < -0.39 is 0 Å². The summed E-state index contributed by atoms with van der Waals surface area (Å²) in [7, 11) is 0. The van der Waals surface area contributed by atoms with Crippen molar-refractivity contribution in [1.82, 2.24) is 5.32 Å². The fourth-order valence-corrected chi connectivity index (χ4v) is 2.54. The third-order valence-corrected chi connectivity index (χ3v) is 3.63. The summed E-state index contributed by atoms with van der Waals surface area (Å²) in [5, 5.41) is 10.5. The van der Waals surface area contributed by atoms with Crippen LogP contribution in [0.25, 0.3) is 0 Å².